The fourth-order valence-corrected chi connectivity index (χ4v) is 3.70. The van der Waals surface area contributed by atoms with Gasteiger partial charge in [-0.05, 0) is 37.1 Å². The molecule has 32 heavy (non-hydrogen) atoms. The van der Waals surface area contributed by atoms with Crippen molar-refractivity contribution in [3.05, 3.63) is 65.2 Å². The number of urea groups is 1. The lowest BCUT2D eigenvalue weighted by molar-refractivity contribution is 0.0343. The lowest BCUT2D eigenvalue weighted by Crippen LogP contribution is -2.47. The van der Waals surface area contributed by atoms with Crippen molar-refractivity contribution in [2.75, 3.05) is 52.5 Å². The average molecular weight is 442 g/mol. The molecule has 1 atom stereocenters. The van der Waals surface area contributed by atoms with Gasteiger partial charge in [-0.3, -0.25) is 4.90 Å². The first-order valence-corrected chi connectivity index (χ1v) is 11.3. The highest BCUT2D eigenvalue weighted by molar-refractivity contribution is 5.74. The Hall–Kier alpha value is -2.61. The van der Waals surface area contributed by atoms with E-state index in [1.807, 2.05) is 37.3 Å². The highest BCUT2D eigenvalue weighted by Crippen LogP contribution is 2.19. The van der Waals surface area contributed by atoms with Crippen LogP contribution in [0.2, 0.25) is 0 Å². The van der Waals surface area contributed by atoms with Crippen LogP contribution in [0.15, 0.2) is 48.5 Å². The number of nitrogens with zero attached hydrogens (tertiary/aromatic N) is 2. The second-order valence-electron chi connectivity index (χ2n) is 8.18. The Kier molecular flexibility index (Phi) is 9.34. The third-order valence-corrected chi connectivity index (χ3v) is 5.66. The second kappa shape index (κ2) is 12.4. The zero-order chi connectivity index (χ0) is 22.8. The van der Waals surface area contributed by atoms with E-state index < -0.39 is 0 Å². The summed E-state index contributed by atoms with van der Waals surface area (Å²) in [6, 6.07) is 15.7. The molecular weight excluding hydrogens is 406 g/mol. The summed E-state index contributed by atoms with van der Waals surface area (Å²) in [6.07, 6.45) is 0. The van der Waals surface area contributed by atoms with Crippen LogP contribution >= 0.6 is 0 Å². The van der Waals surface area contributed by atoms with Crippen molar-refractivity contribution in [3.8, 4) is 5.75 Å². The van der Waals surface area contributed by atoms with Gasteiger partial charge in [0, 0.05) is 32.7 Å². The van der Waals surface area contributed by atoms with Crippen LogP contribution in [0.1, 0.15) is 29.7 Å². The summed E-state index contributed by atoms with van der Waals surface area (Å²) >= 11 is 0. The number of carbonyl (C=O) groups excluding carboxylic acids is 1. The molecule has 2 amide bonds. The zero-order valence-electron chi connectivity index (χ0n) is 19.1. The van der Waals surface area contributed by atoms with Crippen molar-refractivity contribution < 1.29 is 19.4 Å². The quantitative estimate of drug-likeness (QED) is 0.593. The number of morpholine rings is 1. The molecule has 2 aromatic carbocycles. The average Bonchev–Trinajstić information content (AvgIpc) is 2.81. The van der Waals surface area contributed by atoms with Gasteiger partial charge in [-0.2, -0.15) is 0 Å². The van der Waals surface area contributed by atoms with Crippen molar-refractivity contribution in [2.24, 2.45) is 0 Å². The molecule has 7 heteroatoms. The lowest BCUT2D eigenvalue weighted by atomic mass is 10.1. The van der Waals surface area contributed by atoms with Crippen LogP contribution < -0.4 is 10.1 Å². The summed E-state index contributed by atoms with van der Waals surface area (Å²) in [4.78, 5) is 16.7. The largest absolute Gasteiger partial charge is 0.489 e. The summed E-state index contributed by atoms with van der Waals surface area (Å²) in [7, 11) is 0. The minimum Gasteiger partial charge on any atom is -0.489 e. The molecule has 0 aliphatic carbocycles. The predicted octanol–water partition coefficient (Wildman–Crippen LogP) is 2.97. The van der Waals surface area contributed by atoms with E-state index >= 15 is 0 Å². The van der Waals surface area contributed by atoms with Crippen LogP contribution in [0.4, 0.5) is 4.79 Å². The minimum absolute atomic E-state index is 0.0577. The first kappa shape index (κ1) is 24.0. The number of amides is 2. The van der Waals surface area contributed by atoms with Crippen LogP contribution in [0, 0.1) is 6.92 Å². The van der Waals surface area contributed by atoms with Gasteiger partial charge in [0.1, 0.15) is 12.4 Å². The molecule has 1 fully saturated rings. The van der Waals surface area contributed by atoms with E-state index in [1.54, 1.807) is 4.90 Å². The zero-order valence-corrected chi connectivity index (χ0v) is 19.1. The highest BCUT2D eigenvalue weighted by Gasteiger charge is 2.18. The summed E-state index contributed by atoms with van der Waals surface area (Å²) < 4.78 is 11.3. The van der Waals surface area contributed by atoms with Gasteiger partial charge in [-0.15, -0.1) is 0 Å². The Balaban J connectivity index is 1.49. The van der Waals surface area contributed by atoms with E-state index in [1.165, 1.54) is 5.56 Å². The second-order valence-corrected chi connectivity index (χ2v) is 8.18. The molecule has 1 unspecified atom stereocenters. The number of benzene rings is 2. The molecule has 0 spiro atoms. The number of aliphatic hydroxyl groups excluding tert-OH is 1. The van der Waals surface area contributed by atoms with Crippen LogP contribution in [-0.2, 0) is 11.3 Å². The van der Waals surface area contributed by atoms with Crippen LogP contribution in [0.25, 0.3) is 0 Å². The van der Waals surface area contributed by atoms with E-state index in [4.69, 9.17) is 9.47 Å². The third kappa shape index (κ3) is 7.51. The molecule has 0 saturated carbocycles. The SMILES string of the molecule is Cc1cccc(COc2ccc(C(C)NC(=O)N(CCO)CCN3CCOCC3)cc2)c1. The molecule has 1 heterocycles. The first-order valence-electron chi connectivity index (χ1n) is 11.3. The number of aryl methyl sites for hydroxylation is 1. The van der Waals surface area contributed by atoms with Crippen molar-refractivity contribution in [3.63, 3.8) is 0 Å². The Morgan fingerprint density at radius 2 is 1.94 bits per heavy atom. The predicted molar refractivity (Wildman–Crippen MR) is 125 cm³/mol. The minimum atomic E-state index is -0.167. The maximum atomic E-state index is 12.8. The molecule has 0 bridgehead atoms. The Morgan fingerprint density at radius 1 is 1.19 bits per heavy atom. The van der Waals surface area contributed by atoms with E-state index in [0.29, 0.717) is 19.7 Å². The number of carbonyl (C=O) groups is 1. The fourth-order valence-electron chi connectivity index (χ4n) is 3.70. The molecule has 0 radical (unpaired) electrons. The van der Waals surface area contributed by atoms with Gasteiger partial charge < -0.3 is 24.8 Å². The smallest absolute Gasteiger partial charge is 0.317 e. The van der Waals surface area contributed by atoms with Gasteiger partial charge >= 0.3 is 6.03 Å². The molecule has 2 aromatic rings. The van der Waals surface area contributed by atoms with Crippen LogP contribution in [0.5, 0.6) is 5.75 Å². The number of ether oxygens (including phenoxy) is 2. The molecule has 2 N–H and O–H groups in total. The summed E-state index contributed by atoms with van der Waals surface area (Å²) in [5.41, 5.74) is 3.35. The molecule has 1 aliphatic rings. The van der Waals surface area contributed by atoms with E-state index in [0.717, 1.165) is 49.7 Å². The number of rotatable bonds is 10. The van der Waals surface area contributed by atoms with Gasteiger partial charge in [0.2, 0.25) is 0 Å². The molecule has 0 aromatic heterocycles. The van der Waals surface area contributed by atoms with Crippen molar-refractivity contribution in [1.29, 1.82) is 0 Å². The van der Waals surface area contributed by atoms with E-state index in [9.17, 15) is 9.90 Å². The molecule has 1 aliphatic heterocycles. The molecular formula is C25H35N3O4. The van der Waals surface area contributed by atoms with Crippen molar-refractivity contribution in [1.82, 2.24) is 15.1 Å². The summed E-state index contributed by atoms with van der Waals surface area (Å²) in [5, 5.41) is 12.4. The van der Waals surface area contributed by atoms with Crippen molar-refractivity contribution in [2.45, 2.75) is 26.5 Å². The Morgan fingerprint density at radius 3 is 2.62 bits per heavy atom. The Labute approximate surface area is 190 Å². The summed E-state index contributed by atoms with van der Waals surface area (Å²) in [6.45, 7) is 9.37. The van der Waals surface area contributed by atoms with Gasteiger partial charge in [-0.25, -0.2) is 4.79 Å². The van der Waals surface area contributed by atoms with Gasteiger partial charge in [0.05, 0.1) is 25.9 Å². The fraction of sp³-hybridized carbons (Fsp3) is 0.480. The number of aliphatic hydroxyl groups is 1. The monoisotopic (exact) mass is 441 g/mol. The number of nitrogens with one attached hydrogen (secondary N) is 1. The van der Waals surface area contributed by atoms with E-state index in [-0.39, 0.29) is 18.7 Å². The highest BCUT2D eigenvalue weighted by atomic mass is 16.5. The standard InChI is InChI=1S/C25H35N3O4/c1-20-4-3-5-22(18-20)19-32-24-8-6-23(7-9-24)21(2)26-25(30)28(12-15-29)11-10-27-13-16-31-17-14-27/h3-9,18,21,29H,10-17,19H2,1-2H3,(H,26,30). The molecule has 174 valence electrons. The van der Waals surface area contributed by atoms with Crippen LogP contribution in [-0.4, -0.2) is 73.5 Å². The van der Waals surface area contributed by atoms with Gasteiger partial charge in [0.15, 0.2) is 0 Å². The van der Waals surface area contributed by atoms with Crippen LogP contribution in [0.3, 0.4) is 0 Å². The molecule has 7 nitrogen and oxygen atoms in total. The van der Waals surface area contributed by atoms with E-state index in [2.05, 4.69) is 35.3 Å². The molecule has 3 rings (SSSR count). The molecule has 1 saturated heterocycles. The Bertz CT molecular complexity index is 837. The third-order valence-electron chi connectivity index (χ3n) is 5.66. The number of hydrogen-bond acceptors (Lipinski definition) is 5. The topological polar surface area (TPSA) is 74.3 Å². The first-order chi connectivity index (χ1) is 15.5. The van der Waals surface area contributed by atoms with Crippen molar-refractivity contribution >= 4 is 6.03 Å². The lowest BCUT2D eigenvalue weighted by Gasteiger charge is -2.30. The van der Waals surface area contributed by atoms with Gasteiger partial charge in [0.25, 0.3) is 0 Å². The van der Waals surface area contributed by atoms with Gasteiger partial charge in [-0.1, -0.05) is 42.0 Å². The normalized spacial score (nSPS) is 15.2. The number of hydrogen-bond donors (Lipinski definition) is 2. The maximum Gasteiger partial charge on any atom is 0.317 e. The maximum absolute atomic E-state index is 12.8. The summed E-state index contributed by atoms with van der Waals surface area (Å²) in [5.74, 6) is 0.793.